The number of benzene rings is 2. The van der Waals surface area contributed by atoms with Crippen LogP contribution in [0.2, 0.25) is 0 Å². The summed E-state index contributed by atoms with van der Waals surface area (Å²) in [5, 5.41) is 0. The van der Waals surface area contributed by atoms with E-state index in [0.717, 1.165) is 0 Å². The van der Waals surface area contributed by atoms with Crippen molar-refractivity contribution in [1.29, 1.82) is 0 Å². The molecule has 0 aliphatic rings. The van der Waals surface area contributed by atoms with Crippen LogP contribution in [0.1, 0.15) is 22.3 Å². The van der Waals surface area contributed by atoms with Gasteiger partial charge < -0.3 is 0 Å². The van der Waals surface area contributed by atoms with E-state index in [-0.39, 0.29) is 18.9 Å². The predicted octanol–water partition coefficient (Wildman–Crippen LogP) is 3.94. The van der Waals surface area contributed by atoms with Gasteiger partial charge >= 0.3 is 18.9 Å². The van der Waals surface area contributed by atoms with Gasteiger partial charge in [0, 0.05) is 0 Å². The molecule has 0 heterocycles. The predicted molar refractivity (Wildman–Crippen MR) is 78.0 cm³/mol. The van der Waals surface area contributed by atoms with Gasteiger partial charge in [-0.2, -0.15) is 0 Å². The van der Waals surface area contributed by atoms with Gasteiger partial charge in [0.1, 0.15) is 0 Å². The monoisotopic (exact) mass is 218 g/mol. The van der Waals surface area contributed by atoms with E-state index in [1.165, 1.54) is 33.4 Å². The Hall–Kier alpha value is -0.963. The first-order chi connectivity index (χ1) is 7.61. The van der Waals surface area contributed by atoms with Crippen LogP contribution in [0.3, 0.4) is 0 Å². The van der Waals surface area contributed by atoms with Crippen LogP contribution in [0.25, 0.3) is 11.1 Å². The molecule has 0 atom stereocenters. The minimum atomic E-state index is 0. The zero-order chi connectivity index (χ0) is 11.7. The van der Waals surface area contributed by atoms with E-state index in [4.69, 9.17) is 0 Å². The first-order valence-corrected chi connectivity index (χ1v) is 5.74. The number of hydrogen-bond acceptors (Lipinski definition) is 0. The molecule has 0 saturated carbocycles. The Labute approximate surface area is 116 Å². The van der Waals surface area contributed by atoms with Gasteiger partial charge in [-0.3, -0.25) is 0 Å². The second kappa shape index (κ2) is 5.58. The number of aryl methyl sites for hydroxylation is 1. The van der Waals surface area contributed by atoms with Crippen molar-refractivity contribution in [2.75, 3.05) is 0 Å². The Balaban J connectivity index is 0.00000144. The van der Waals surface area contributed by atoms with Gasteiger partial charge in [0.05, 0.1) is 0 Å². The molecule has 0 fully saturated rings. The molecule has 0 N–H and O–H groups in total. The average molecular weight is 218 g/mol. The van der Waals surface area contributed by atoms with Gasteiger partial charge in [-0.15, -0.1) is 0 Å². The average Bonchev–Trinajstić information content (AvgIpc) is 2.32. The molecule has 0 aromatic heterocycles. The molecular weight excluding hydrogens is 199 g/mol. The van der Waals surface area contributed by atoms with E-state index in [2.05, 4.69) is 64.1 Å². The van der Waals surface area contributed by atoms with E-state index >= 15 is 0 Å². The van der Waals surface area contributed by atoms with E-state index in [9.17, 15) is 0 Å². The molecule has 0 radical (unpaired) electrons. The summed E-state index contributed by atoms with van der Waals surface area (Å²) in [5.74, 6) is 0. The molecular formula is C16H19Li. The molecule has 0 aliphatic heterocycles. The maximum atomic E-state index is 2.30. The van der Waals surface area contributed by atoms with Crippen LogP contribution in [0, 0.1) is 27.7 Å². The van der Waals surface area contributed by atoms with Crippen molar-refractivity contribution in [1.82, 2.24) is 0 Å². The van der Waals surface area contributed by atoms with Crippen molar-refractivity contribution in [2.24, 2.45) is 0 Å². The zero-order valence-corrected chi connectivity index (χ0v) is 10.5. The summed E-state index contributed by atoms with van der Waals surface area (Å²) >= 11 is 0. The maximum absolute atomic E-state index is 2.30. The fourth-order valence-corrected chi connectivity index (χ4v) is 2.13. The summed E-state index contributed by atoms with van der Waals surface area (Å²) in [6, 6.07) is 12.9. The van der Waals surface area contributed by atoms with Crippen LogP contribution in [0.15, 0.2) is 36.4 Å². The topological polar surface area (TPSA) is 0 Å². The van der Waals surface area contributed by atoms with Crippen molar-refractivity contribution in [3.63, 3.8) is 0 Å². The van der Waals surface area contributed by atoms with Gasteiger partial charge in [0.15, 0.2) is 0 Å². The van der Waals surface area contributed by atoms with Crippen LogP contribution in [-0.2, 0) is 0 Å². The fraction of sp³-hybridized carbons (Fsp3) is 0.250. The molecule has 0 spiro atoms. The molecule has 2 aromatic rings. The van der Waals surface area contributed by atoms with Gasteiger partial charge in [-0.05, 0) is 61.1 Å². The standard InChI is InChI=1S/C16H18.Li.H/c1-11-10-16(14(4)13(3)12(11)2)15-8-6-5-7-9-15;;/h5-10H,1-4H3;;. The van der Waals surface area contributed by atoms with E-state index in [1.54, 1.807) is 0 Å². The van der Waals surface area contributed by atoms with Crippen molar-refractivity contribution in [3.8, 4) is 11.1 Å². The Morgan fingerprint density at radius 2 is 1.29 bits per heavy atom. The van der Waals surface area contributed by atoms with Crippen molar-refractivity contribution in [3.05, 3.63) is 58.7 Å². The number of rotatable bonds is 1. The third kappa shape index (κ3) is 2.65. The molecule has 2 rings (SSSR count). The van der Waals surface area contributed by atoms with E-state index in [1.807, 2.05) is 0 Å². The van der Waals surface area contributed by atoms with Crippen molar-refractivity contribution < 1.29 is 0 Å². The fourth-order valence-electron chi connectivity index (χ4n) is 2.13. The number of hydrogen-bond donors (Lipinski definition) is 0. The molecule has 0 nitrogen and oxygen atoms in total. The Bertz CT molecular complexity index is 513. The summed E-state index contributed by atoms with van der Waals surface area (Å²) in [7, 11) is 0. The molecule has 0 amide bonds. The molecule has 0 aliphatic carbocycles. The van der Waals surface area contributed by atoms with Gasteiger partial charge in [-0.1, -0.05) is 36.4 Å². The van der Waals surface area contributed by atoms with Crippen LogP contribution >= 0.6 is 0 Å². The Kier molecular flexibility index (Phi) is 4.63. The zero-order valence-electron chi connectivity index (χ0n) is 10.5. The summed E-state index contributed by atoms with van der Waals surface area (Å²) in [4.78, 5) is 0. The van der Waals surface area contributed by atoms with Gasteiger partial charge in [0.25, 0.3) is 0 Å². The molecule has 0 unspecified atom stereocenters. The summed E-state index contributed by atoms with van der Waals surface area (Å²) < 4.78 is 0. The quantitative estimate of drug-likeness (QED) is 0.636. The molecule has 0 bridgehead atoms. The van der Waals surface area contributed by atoms with E-state index < -0.39 is 0 Å². The summed E-state index contributed by atoms with van der Waals surface area (Å²) in [6.07, 6.45) is 0. The normalized spacial score (nSPS) is 9.88. The van der Waals surface area contributed by atoms with E-state index in [0.29, 0.717) is 0 Å². The third-order valence-electron chi connectivity index (χ3n) is 3.57. The van der Waals surface area contributed by atoms with Crippen LogP contribution in [0.4, 0.5) is 0 Å². The molecule has 1 heteroatoms. The van der Waals surface area contributed by atoms with Crippen LogP contribution in [0.5, 0.6) is 0 Å². The SMILES string of the molecule is Cc1cc(-c2ccccc2)c(C)c(C)c1C.[LiH]. The molecule has 17 heavy (non-hydrogen) atoms. The molecule has 2 aromatic carbocycles. The first kappa shape index (κ1) is 14.1. The second-order valence-corrected chi connectivity index (χ2v) is 4.48. The van der Waals surface area contributed by atoms with Crippen molar-refractivity contribution >= 4 is 18.9 Å². The third-order valence-corrected chi connectivity index (χ3v) is 3.57. The second-order valence-electron chi connectivity index (χ2n) is 4.48. The first-order valence-electron chi connectivity index (χ1n) is 5.74. The minimum absolute atomic E-state index is 0. The Morgan fingerprint density at radius 3 is 1.88 bits per heavy atom. The molecule has 84 valence electrons. The van der Waals surface area contributed by atoms with Crippen LogP contribution < -0.4 is 0 Å². The summed E-state index contributed by atoms with van der Waals surface area (Å²) in [5.41, 5.74) is 8.28. The summed E-state index contributed by atoms with van der Waals surface area (Å²) in [6.45, 7) is 8.81. The Morgan fingerprint density at radius 1 is 0.706 bits per heavy atom. The molecule has 0 saturated heterocycles. The van der Waals surface area contributed by atoms with Crippen molar-refractivity contribution in [2.45, 2.75) is 27.7 Å². The van der Waals surface area contributed by atoms with Gasteiger partial charge in [0.2, 0.25) is 0 Å². The van der Waals surface area contributed by atoms with Crippen LogP contribution in [-0.4, -0.2) is 18.9 Å². The van der Waals surface area contributed by atoms with Gasteiger partial charge in [-0.25, -0.2) is 0 Å².